The van der Waals surface area contributed by atoms with E-state index in [0.717, 1.165) is 18.3 Å². The van der Waals surface area contributed by atoms with Crippen LogP contribution in [0.5, 0.6) is 0 Å². The van der Waals surface area contributed by atoms with Crippen LogP contribution in [0.3, 0.4) is 0 Å². The van der Waals surface area contributed by atoms with Crippen molar-refractivity contribution in [1.82, 2.24) is 0 Å². The van der Waals surface area contributed by atoms with Gasteiger partial charge in [-0.25, -0.2) is 0 Å². The van der Waals surface area contributed by atoms with E-state index in [0.29, 0.717) is 11.0 Å². The zero-order chi connectivity index (χ0) is 8.15. The van der Waals surface area contributed by atoms with Crippen molar-refractivity contribution < 1.29 is 4.79 Å². The minimum Gasteiger partial charge on any atom is -0.298 e. The summed E-state index contributed by atoms with van der Waals surface area (Å²) in [6, 6.07) is 0. The lowest BCUT2D eigenvalue weighted by Crippen LogP contribution is -1.93. The third-order valence-electron chi connectivity index (χ3n) is 1.21. The third-order valence-corrected chi connectivity index (χ3v) is 1.46. The van der Waals surface area contributed by atoms with Crippen LogP contribution in [-0.4, -0.2) is 6.29 Å². The average molecular weight is 161 g/mol. The van der Waals surface area contributed by atoms with Crippen LogP contribution in [0.1, 0.15) is 27.2 Å². The molecule has 0 unspecified atom stereocenters. The summed E-state index contributed by atoms with van der Waals surface area (Å²) < 4.78 is 0. The van der Waals surface area contributed by atoms with Gasteiger partial charge in [-0.1, -0.05) is 25.4 Å². The number of carbonyl (C=O) groups is 1. The highest BCUT2D eigenvalue weighted by atomic mass is 35.5. The van der Waals surface area contributed by atoms with E-state index in [1.54, 1.807) is 6.92 Å². The summed E-state index contributed by atoms with van der Waals surface area (Å²) in [6.07, 6.45) is 1.61. The molecule has 0 aromatic carbocycles. The summed E-state index contributed by atoms with van der Waals surface area (Å²) in [5.41, 5.74) is 0.719. The highest BCUT2D eigenvalue weighted by Crippen LogP contribution is 2.14. The Labute approximate surface area is 67.1 Å². The molecule has 0 aromatic heterocycles. The van der Waals surface area contributed by atoms with Gasteiger partial charge in [0.25, 0.3) is 0 Å². The van der Waals surface area contributed by atoms with E-state index in [1.165, 1.54) is 0 Å². The smallest absolute Gasteiger partial charge is 0.147 e. The molecule has 0 radical (unpaired) electrons. The Morgan fingerprint density at radius 2 is 2.10 bits per heavy atom. The van der Waals surface area contributed by atoms with Crippen molar-refractivity contribution in [2.24, 2.45) is 5.92 Å². The predicted molar refractivity (Wildman–Crippen MR) is 44.1 cm³/mol. The number of rotatable bonds is 3. The molecule has 0 saturated carbocycles. The molecule has 0 aliphatic carbocycles. The van der Waals surface area contributed by atoms with Crippen molar-refractivity contribution in [3.63, 3.8) is 0 Å². The van der Waals surface area contributed by atoms with Gasteiger partial charge < -0.3 is 0 Å². The van der Waals surface area contributed by atoms with Crippen molar-refractivity contribution in [3.8, 4) is 0 Å². The molecule has 0 aromatic rings. The largest absolute Gasteiger partial charge is 0.298 e. The van der Waals surface area contributed by atoms with Crippen molar-refractivity contribution in [2.45, 2.75) is 27.2 Å². The number of allylic oxidation sites excluding steroid dienone is 2. The Morgan fingerprint density at radius 1 is 1.60 bits per heavy atom. The lowest BCUT2D eigenvalue weighted by atomic mass is 10.0. The van der Waals surface area contributed by atoms with Crippen molar-refractivity contribution in [2.75, 3.05) is 0 Å². The second-order valence-corrected chi connectivity index (χ2v) is 3.34. The third kappa shape index (κ3) is 3.67. The number of aldehydes is 1. The molecular formula is C8H13ClO. The highest BCUT2D eigenvalue weighted by molar-refractivity contribution is 6.30. The number of carbonyl (C=O) groups excluding carboxylic acids is 1. The molecule has 0 spiro atoms. The van der Waals surface area contributed by atoms with E-state index >= 15 is 0 Å². The maximum Gasteiger partial charge on any atom is 0.147 e. The zero-order valence-electron chi connectivity index (χ0n) is 6.65. The molecule has 0 bridgehead atoms. The Kier molecular flexibility index (Phi) is 4.37. The SMILES string of the molecule is CC(Cl)=C(C=O)CC(C)C. The van der Waals surface area contributed by atoms with E-state index in [1.807, 2.05) is 0 Å². The fourth-order valence-electron chi connectivity index (χ4n) is 0.710. The van der Waals surface area contributed by atoms with Crippen LogP contribution in [0.4, 0.5) is 0 Å². The van der Waals surface area contributed by atoms with Gasteiger partial charge in [0.1, 0.15) is 6.29 Å². The lowest BCUT2D eigenvalue weighted by molar-refractivity contribution is -0.105. The van der Waals surface area contributed by atoms with Crippen LogP contribution in [0.2, 0.25) is 0 Å². The number of halogens is 1. The first kappa shape index (κ1) is 9.70. The number of hydrogen-bond acceptors (Lipinski definition) is 1. The molecule has 10 heavy (non-hydrogen) atoms. The first-order valence-electron chi connectivity index (χ1n) is 3.38. The molecular weight excluding hydrogens is 148 g/mol. The molecule has 2 heteroatoms. The normalized spacial score (nSPS) is 13.3. The fourth-order valence-corrected chi connectivity index (χ4v) is 0.831. The molecule has 0 fully saturated rings. The van der Waals surface area contributed by atoms with Crippen molar-refractivity contribution in [1.29, 1.82) is 0 Å². The second-order valence-electron chi connectivity index (χ2n) is 2.77. The van der Waals surface area contributed by atoms with Gasteiger partial charge >= 0.3 is 0 Å². The fraction of sp³-hybridized carbons (Fsp3) is 0.625. The van der Waals surface area contributed by atoms with Crippen LogP contribution in [-0.2, 0) is 4.79 Å². The topological polar surface area (TPSA) is 17.1 Å². The van der Waals surface area contributed by atoms with Crippen molar-refractivity contribution in [3.05, 3.63) is 10.6 Å². The molecule has 0 saturated heterocycles. The quantitative estimate of drug-likeness (QED) is 0.459. The van der Waals surface area contributed by atoms with E-state index in [2.05, 4.69) is 13.8 Å². The predicted octanol–water partition coefficient (Wildman–Crippen LogP) is 2.74. The molecule has 0 heterocycles. The van der Waals surface area contributed by atoms with Gasteiger partial charge in [-0.2, -0.15) is 0 Å². The Bertz CT molecular complexity index is 143. The van der Waals surface area contributed by atoms with Gasteiger partial charge in [-0.05, 0) is 19.3 Å². The first-order chi connectivity index (χ1) is 4.57. The van der Waals surface area contributed by atoms with Crippen LogP contribution >= 0.6 is 11.6 Å². The molecule has 0 aliphatic heterocycles. The van der Waals surface area contributed by atoms with Crippen LogP contribution < -0.4 is 0 Å². The summed E-state index contributed by atoms with van der Waals surface area (Å²) >= 11 is 5.64. The summed E-state index contributed by atoms with van der Waals surface area (Å²) in [5.74, 6) is 0.494. The highest BCUT2D eigenvalue weighted by Gasteiger charge is 2.01. The lowest BCUT2D eigenvalue weighted by Gasteiger charge is -2.03. The molecule has 0 N–H and O–H groups in total. The van der Waals surface area contributed by atoms with Gasteiger partial charge in [0.15, 0.2) is 0 Å². The second kappa shape index (κ2) is 4.51. The first-order valence-corrected chi connectivity index (χ1v) is 3.76. The van der Waals surface area contributed by atoms with E-state index in [-0.39, 0.29) is 0 Å². The van der Waals surface area contributed by atoms with E-state index < -0.39 is 0 Å². The molecule has 0 amide bonds. The molecule has 0 atom stereocenters. The summed E-state index contributed by atoms with van der Waals surface area (Å²) in [4.78, 5) is 10.3. The molecule has 58 valence electrons. The molecule has 0 aliphatic rings. The van der Waals surface area contributed by atoms with Crippen LogP contribution in [0, 0.1) is 5.92 Å². The maximum absolute atomic E-state index is 10.3. The van der Waals surface area contributed by atoms with Crippen LogP contribution in [0.15, 0.2) is 10.6 Å². The Morgan fingerprint density at radius 3 is 2.20 bits per heavy atom. The molecule has 0 rings (SSSR count). The van der Waals surface area contributed by atoms with Gasteiger partial charge in [-0.3, -0.25) is 4.79 Å². The zero-order valence-corrected chi connectivity index (χ0v) is 7.40. The van der Waals surface area contributed by atoms with Gasteiger partial charge in [0, 0.05) is 10.6 Å². The summed E-state index contributed by atoms with van der Waals surface area (Å²) in [6.45, 7) is 5.86. The molecule has 1 nitrogen and oxygen atoms in total. The summed E-state index contributed by atoms with van der Waals surface area (Å²) in [5, 5.41) is 0.615. The van der Waals surface area contributed by atoms with Gasteiger partial charge in [-0.15, -0.1) is 0 Å². The summed E-state index contributed by atoms with van der Waals surface area (Å²) in [7, 11) is 0. The minimum atomic E-state index is 0.494. The number of hydrogen-bond donors (Lipinski definition) is 0. The van der Waals surface area contributed by atoms with Gasteiger partial charge in [0.2, 0.25) is 0 Å². The average Bonchev–Trinajstić information content (AvgIpc) is 1.81. The minimum absolute atomic E-state index is 0.494. The van der Waals surface area contributed by atoms with Crippen molar-refractivity contribution >= 4 is 17.9 Å². The van der Waals surface area contributed by atoms with Gasteiger partial charge in [0.05, 0.1) is 0 Å². The van der Waals surface area contributed by atoms with Crippen LogP contribution in [0.25, 0.3) is 0 Å². The van der Waals surface area contributed by atoms with E-state index in [4.69, 9.17) is 11.6 Å². The Hall–Kier alpha value is -0.300. The standard InChI is InChI=1S/C8H13ClO/c1-6(2)4-8(5-10)7(3)9/h5-6H,4H2,1-3H3. The Balaban J connectivity index is 4.11. The maximum atomic E-state index is 10.3. The van der Waals surface area contributed by atoms with E-state index in [9.17, 15) is 4.79 Å². The monoisotopic (exact) mass is 160 g/mol.